The largest absolute Gasteiger partial charge is 0.493 e. The quantitative estimate of drug-likeness (QED) is 0.0793. The Bertz CT molecular complexity index is 1650. The zero-order valence-corrected chi connectivity index (χ0v) is 27.3. The summed E-state index contributed by atoms with van der Waals surface area (Å²) in [7, 11) is 3.12. The molecule has 0 aromatic heterocycles. The third kappa shape index (κ3) is 8.00. The van der Waals surface area contributed by atoms with Gasteiger partial charge >= 0.3 is 23.9 Å². The van der Waals surface area contributed by atoms with E-state index in [-0.39, 0.29) is 50.4 Å². The fourth-order valence-corrected chi connectivity index (χ4v) is 5.77. The van der Waals surface area contributed by atoms with Gasteiger partial charge in [0.05, 0.1) is 14.2 Å². The summed E-state index contributed by atoms with van der Waals surface area (Å²) in [6.45, 7) is 9.76. The van der Waals surface area contributed by atoms with Crippen LogP contribution in [0.25, 0.3) is 21.9 Å². The van der Waals surface area contributed by atoms with Crippen molar-refractivity contribution in [1.29, 1.82) is 0 Å². The van der Waals surface area contributed by atoms with Gasteiger partial charge in [0.25, 0.3) is 0 Å². The molecule has 3 aromatic carbocycles. The first-order valence-corrected chi connectivity index (χ1v) is 15.3. The highest BCUT2D eigenvalue weighted by Crippen LogP contribution is 2.57. The van der Waals surface area contributed by atoms with Crippen LogP contribution in [-0.2, 0) is 43.5 Å². The van der Waals surface area contributed by atoms with E-state index in [0.29, 0.717) is 24.3 Å². The lowest BCUT2D eigenvalue weighted by Crippen LogP contribution is -2.28. The molecule has 3 aromatic rings. The van der Waals surface area contributed by atoms with Crippen molar-refractivity contribution in [2.45, 2.75) is 44.9 Å². The lowest BCUT2D eigenvalue weighted by molar-refractivity contribution is -0.150. The lowest BCUT2D eigenvalue weighted by Gasteiger charge is -2.32. The topological polar surface area (TPSA) is 124 Å². The average molecular weight is 645 g/mol. The van der Waals surface area contributed by atoms with Crippen LogP contribution >= 0.6 is 0 Å². The van der Waals surface area contributed by atoms with Crippen LogP contribution in [0.15, 0.2) is 72.8 Å². The van der Waals surface area contributed by atoms with Gasteiger partial charge in [0.2, 0.25) is 0 Å². The molecule has 47 heavy (non-hydrogen) atoms. The van der Waals surface area contributed by atoms with Crippen LogP contribution in [0.5, 0.6) is 11.5 Å². The van der Waals surface area contributed by atoms with Gasteiger partial charge in [-0.2, -0.15) is 0 Å². The van der Waals surface area contributed by atoms with Crippen LogP contribution in [0.3, 0.4) is 0 Å². The minimum Gasteiger partial charge on any atom is -0.493 e. The number of carbonyl (C=O) groups excluding carboxylic acids is 4. The maximum atomic E-state index is 13.0. The Morgan fingerprint density at radius 1 is 0.617 bits per heavy atom. The van der Waals surface area contributed by atoms with E-state index in [9.17, 15) is 19.2 Å². The van der Waals surface area contributed by atoms with E-state index < -0.39 is 29.3 Å². The molecule has 0 N–H and O–H groups in total. The van der Waals surface area contributed by atoms with Gasteiger partial charge < -0.3 is 28.4 Å². The highest BCUT2D eigenvalue weighted by Gasteiger charge is 2.44. The first-order chi connectivity index (χ1) is 22.5. The molecule has 0 radical (unpaired) electrons. The summed E-state index contributed by atoms with van der Waals surface area (Å²) in [5.74, 6) is -1.01. The molecule has 248 valence electrons. The molecule has 1 aliphatic rings. The molecule has 0 amide bonds. The smallest absolute Gasteiger partial charge is 0.333 e. The van der Waals surface area contributed by atoms with Gasteiger partial charge in [0.1, 0.15) is 26.4 Å². The maximum Gasteiger partial charge on any atom is 0.333 e. The van der Waals surface area contributed by atoms with Crippen molar-refractivity contribution in [3.63, 3.8) is 0 Å². The Kier molecular flexibility index (Phi) is 11.4. The fraction of sp³-hybridized carbons (Fsp3) is 0.351. The summed E-state index contributed by atoms with van der Waals surface area (Å²) in [6, 6.07) is 16.0. The Balaban J connectivity index is 1.66. The number of hydrogen-bond acceptors (Lipinski definition) is 10. The third-order valence-corrected chi connectivity index (χ3v) is 8.10. The second-order valence-corrected chi connectivity index (χ2v) is 11.4. The number of rotatable bonds is 16. The Morgan fingerprint density at radius 3 is 1.53 bits per heavy atom. The van der Waals surface area contributed by atoms with E-state index >= 15 is 0 Å². The zero-order chi connectivity index (χ0) is 34.1. The molecule has 1 aliphatic carbocycles. The van der Waals surface area contributed by atoms with Gasteiger partial charge in [-0.1, -0.05) is 37.4 Å². The molecule has 0 spiro atoms. The van der Waals surface area contributed by atoms with Gasteiger partial charge in [-0.15, -0.1) is 0 Å². The molecule has 10 heteroatoms. The van der Waals surface area contributed by atoms with Crippen molar-refractivity contribution in [2.24, 2.45) is 0 Å². The first kappa shape index (κ1) is 34.7. The number of ether oxygens (including phenoxy) is 6. The summed E-state index contributed by atoms with van der Waals surface area (Å²) < 4.78 is 32.2. The number of fused-ring (bicyclic) bond motifs is 4. The molecule has 0 unspecified atom stereocenters. The third-order valence-electron chi connectivity index (χ3n) is 8.10. The molecule has 0 saturated carbocycles. The number of methoxy groups -OCH3 is 2. The monoisotopic (exact) mass is 644 g/mol. The number of carbonyl (C=O) groups is 4. The molecule has 10 nitrogen and oxygen atoms in total. The number of hydrogen-bond donors (Lipinski definition) is 0. The predicted molar refractivity (Wildman–Crippen MR) is 175 cm³/mol. The summed E-state index contributed by atoms with van der Waals surface area (Å²) in [5, 5.41) is 2.04. The second kappa shape index (κ2) is 15.4. The number of esters is 4. The summed E-state index contributed by atoms with van der Waals surface area (Å²) in [5.41, 5.74) is 3.39. The van der Waals surface area contributed by atoms with Crippen molar-refractivity contribution in [2.75, 3.05) is 40.6 Å². The molecule has 4 rings (SSSR count). The van der Waals surface area contributed by atoms with Gasteiger partial charge in [-0.05, 0) is 84.0 Å². The minimum absolute atomic E-state index is 0.0143. The van der Waals surface area contributed by atoms with Crippen LogP contribution in [0.1, 0.15) is 50.7 Å². The van der Waals surface area contributed by atoms with Gasteiger partial charge in [-0.25, -0.2) is 9.59 Å². The van der Waals surface area contributed by atoms with E-state index in [1.807, 2.05) is 36.4 Å². The highest BCUT2D eigenvalue weighted by atomic mass is 16.6. The first-order valence-electron chi connectivity index (χ1n) is 15.3. The summed E-state index contributed by atoms with van der Waals surface area (Å²) >= 11 is 0. The van der Waals surface area contributed by atoms with E-state index in [0.717, 1.165) is 33.0 Å². The molecular formula is C37H40O10. The second-order valence-electron chi connectivity index (χ2n) is 11.4. The van der Waals surface area contributed by atoms with Crippen LogP contribution in [0.4, 0.5) is 0 Å². The standard InChI is InChI=1S/C37H40O10/c1-23(2)35(40)46-17-15-44-33(38)11-13-37(14-12-34(39)45-16-18-47-36(41)24(3)4)29-20-26-10-8-7-9-25(26)19-27(29)28-21-31(42-5)32(43-6)22-30(28)37/h7-10,19-22H,1,3,11-18H2,2,4-6H3. The van der Waals surface area contributed by atoms with Crippen LogP contribution < -0.4 is 9.47 Å². The van der Waals surface area contributed by atoms with Gasteiger partial charge in [0.15, 0.2) is 11.5 Å². The van der Waals surface area contributed by atoms with Crippen molar-refractivity contribution >= 4 is 34.6 Å². The van der Waals surface area contributed by atoms with Crippen LogP contribution in [-0.4, -0.2) is 64.5 Å². The Morgan fingerprint density at radius 2 is 1.04 bits per heavy atom. The van der Waals surface area contributed by atoms with Gasteiger partial charge in [0, 0.05) is 29.4 Å². The average Bonchev–Trinajstić information content (AvgIpc) is 3.32. The normalized spacial score (nSPS) is 12.3. The summed E-state index contributed by atoms with van der Waals surface area (Å²) in [6.07, 6.45) is 0.629. The van der Waals surface area contributed by atoms with Crippen molar-refractivity contribution in [1.82, 2.24) is 0 Å². The van der Waals surface area contributed by atoms with Crippen molar-refractivity contribution in [3.05, 3.63) is 84.0 Å². The molecule has 0 fully saturated rings. The molecule has 0 heterocycles. The molecule has 0 bridgehead atoms. The predicted octanol–water partition coefficient (Wildman–Crippen LogP) is 6.01. The van der Waals surface area contributed by atoms with E-state index in [1.54, 1.807) is 14.2 Å². The van der Waals surface area contributed by atoms with E-state index in [1.165, 1.54) is 13.8 Å². The SMILES string of the molecule is C=C(C)C(=O)OCCOC(=O)CCC1(CCC(=O)OCCOC(=O)C(=C)C)c2cc(OC)c(OC)cc2-c2cc3ccccc3cc21. The summed E-state index contributed by atoms with van der Waals surface area (Å²) in [4.78, 5) is 49.4. The van der Waals surface area contributed by atoms with Crippen molar-refractivity contribution in [3.8, 4) is 22.6 Å². The number of benzene rings is 3. The van der Waals surface area contributed by atoms with E-state index in [4.69, 9.17) is 28.4 Å². The molecule has 0 aliphatic heterocycles. The Hall–Kier alpha value is -5.12. The van der Waals surface area contributed by atoms with Crippen LogP contribution in [0, 0.1) is 0 Å². The molecular weight excluding hydrogens is 604 g/mol. The van der Waals surface area contributed by atoms with E-state index in [2.05, 4.69) is 25.3 Å². The van der Waals surface area contributed by atoms with Crippen LogP contribution in [0.2, 0.25) is 0 Å². The molecule has 0 atom stereocenters. The Labute approximate surface area is 274 Å². The lowest BCUT2D eigenvalue weighted by atomic mass is 9.71. The highest BCUT2D eigenvalue weighted by molar-refractivity contribution is 5.94. The van der Waals surface area contributed by atoms with Gasteiger partial charge in [-0.3, -0.25) is 9.59 Å². The maximum absolute atomic E-state index is 13.0. The minimum atomic E-state index is -0.814. The van der Waals surface area contributed by atoms with Crippen molar-refractivity contribution < 1.29 is 47.6 Å². The zero-order valence-electron chi connectivity index (χ0n) is 27.3. The molecule has 0 saturated heterocycles. The fourth-order valence-electron chi connectivity index (χ4n) is 5.77.